The van der Waals surface area contributed by atoms with Crippen LogP contribution in [0.5, 0.6) is 0 Å². The molecule has 2 heterocycles. The number of nitrogens with zero attached hydrogens (tertiary/aromatic N) is 4. The first-order valence-corrected chi connectivity index (χ1v) is 17.5. The predicted octanol–water partition coefficient (Wildman–Crippen LogP) is 13.6. The monoisotopic (exact) mass is 840 g/mol. The molecule has 7 rings (SSSR count). The number of thiophene rings is 2. The number of rotatable bonds is 2. The maximum absolute atomic E-state index is 14.5. The van der Waals surface area contributed by atoms with Gasteiger partial charge >= 0.3 is 36.3 Å². The molecule has 0 saturated heterocycles. The highest BCUT2D eigenvalue weighted by Gasteiger charge is 2.40. The van der Waals surface area contributed by atoms with Crippen LogP contribution in [0.2, 0.25) is 0 Å². The van der Waals surface area contributed by atoms with Crippen molar-refractivity contribution in [2.45, 2.75) is 24.7 Å². The third kappa shape index (κ3) is 6.60. The molecule has 0 aliphatic rings. The number of alkyl halides is 12. The fraction of sp³-hybridized carbons (Fsp3) is 0.100. The van der Waals surface area contributed by atoms with E-state index in [2.05, 4.69) is 19.4 Å². The molecule has 5 aromatic carbocycles. The van der Waals surface area contributed by atoms with Gasteiger partial charge in [0.1, 0.15) is 35.4 Å². The summed E-state index contributed by atoms with van der Waals surface area (Å²) in [4.78, 5) is 12.8. The largest absolute Gasteiger partial charge is 0.536 e. The highest BCUT2D eigenvalue weighted by atomic mass is 32.1. The van der Waals surface area contributed by atoms with E-state index in [9.17, 15) is 52.7 Å². The molecule has 0 N–H and O–H groups in total. The van der Waals surface area contributed by atoms with Crippen molar-refractivity contribution in [3.05, 3.63) is 150 Å². The lowest BCUT2D eigenvalue weighted by Gasteiger charge is -2.19. The summed E-state index contributed by atoms with van der Waals surface area (Å²) in [5.74, 6) is -0.991. The van der Waals surface area contributed by atoms with E-state index in [1.54, 1.807) is 0 Å². The van der Waals surface area contributed by atoms with Gasteiger partial charge < -0.3 is 0 Å². The van der Waals surface area contributed by atoms with Gasteiger partial charge in [0, 0.05) is 31.3 Å². The standard InChI is InChI=1S/C40H12F12N4S2/c1-53-35(54-2)29-15-25-31-17(11-23(33(25)57-29)21-9-7-19(37(41,42)43)13-27(21)39(47,48)49)5-6-18-12-24(34-26(32(18)31)16-30(58-34)36(55-3)56-4)22-10-8-20(38(44,45)46)14-28(22)40(50,51)52/h5-16H. The molecule has 0 spiro atoms. The summed E-state index contributed by atoms with van der Waals surface area (Å²) in [5.41, 5.74) is -8.18. The zero-order valence-corrected chi connectivity index (χ0v) is 29.7. The Morgan fingerprint density at radius 2 is 0.759 bits per heavy atom. The lowest BCUT2D eigenvalue weighted by Crippen LogP contribution is -2.12. The molecule has 0 unspecified atom stereocenters. The van der Waals surface area contributed by atoms with Gasteiger partial charge in [0.2, 0.25) is 0 Å². The summed E-state index contributed by atoms with van der Waals surface area (Å²) >= 11 is 1.41. The van der Waals surface area contributed by atoms with E-state index in [-0.39, 0.29) is 74.0 Å². The smallest absolute Gasteiger partial charge is 0.166 e. The normalized spacial score (nSPS) is 12.4. The number of fused-ring (bicyclic) bond motifs is 7. The van der Waals surface area contributed by atoms with E-state index in [0.29, 0.717) is 46.9 Å². The van der Waals surface area contributed by atoms with Gasteiger partial charge in [-0.25, -0.2) is 0 Å². The Morgan fingerprint density at radius 3 is 1.05 bits per heavy atom. The van der Waals surface area contributed by atoms with Crippen LogP contribution in [0.1, 0.15) is 22.3 Å². The van der Waals surface area contributed by atoms with Crippen molar-refractivity contribution in [2.75, 3.05) is 0 Å². The molecule has 2 aromatic heterocycles. The van der Waals surface area contributed by atoms with Gasteiger partial charge in [-0.1, -0.05) is 24.3 Å². The highest BCUT2D eigenvalue weighted by Crippen LogP contribution is 2.49. The van der Waals surface area contributed by atoms with Gasteiger partial charge in [0.05, 0.1) is 22.3 Å². The molecule has 0 fully saturated rings. The van der Waals surface area contributed by atoms with Crippen molar-refractivity contribution in [3.8, 4) is 22.3 Å². The van der Waals surface area contributed by atoms with Gasteiger partial charge in [-0.3, -0.25) is 0 Å². The van der Waals surface area contributed by atoms with Crippen molar-refractivity contribution in [1.29, 1.82) is 0 Å². The molecule has 18 heteroatoms. The molecule has 4 nitrogen and oxygen atoms in total. The first-order chi connectivity index (χ1) is 27.1. The summed E-state index contributed by atoms with van der Waals surface area (Å²) in [6.45, 7) is 30.1. The number of hydrogen-bond donors (Lipinski definition) is 0. The third-order valence-electron chi connectivity index (χ3n) is 9.11. The van der Waals surface area contributed by atoms with Crippen LogP contribution < -0.4 is 9.06 Å². The van der Waals surface area contributed by atoms with Crippen LogP contribution in [0.3, 0.4) is 0 Å². The van der Waals surface area contributed by atoms with E-state index in [0.717, 1.165) is 0 Å². The highest BCUT2D eigenvalue weighted by molar-refractivity contribution is 7.18. The second-order valence-electron chi connectivity index (χ2n) is 12.4. The van der Waals surface area contributed by atoms with E-state index < -0.39 is 69.7 Å². The zero-order chi connectivity index (χ0) is 42.3. The topological polar surface area (TPSA) is 17.4 Å². The van der Waals surface area contributed by atoms with Gasteiger partial charge in [-0.2, -0.15) is 72.1 Å². The first-order valence-electron chi connectivity index (χ1n) is 15.8. The maximum atomic E-state index is 14.5. The number of hydrogen-bond acceptors (Lipinski definition) is 2. The molecule has 0 bridgehead atoms. The van der Waals surface area contributed by atoms with Crippen molar-refractivity contribution in [2.24, 2.45) is 0 Å². The molecule has 0 radical (unpaired) electrons. The van der Waals surface area contributed by atoms with Crippen molar-refractivity contribution >= 4 is 76.0 Å². The minimum Gasteiger partial charge on any atom is -0.166 e. The number of benzene rings is 5. The van der Waals surface area contributed by atoms with Crippen molar-refractivity contribution < 1.29 is 52.7 Å². The average Bonchev–Trinajstić information content (AvgIpc) is 3.79. The Kier molecular flexibility index (Phi) is 9.23. The Hall–Kier alpha value is -6.60. The Labute approximate surface area is 324 Å². The minimum absolute atomic E-state index is 0.00518. The third-order valence-corrected chi connectivity index (χ3v) is 11.4. The number of halogens is 12. The Morgan fingerprint density at radius 1 is 0.414 bits per heavy atom. The molecular weight excluding hydrogens is 829 g/mol. The van der Waals surface area contributed by atoms with Gasteiger partial charge in [-0.05, 0) is 81.2 Å². The molecule has 7 aromatic rings. The first kappa shape index (κ1) is 39.6. The van der Waals surface area contributed by atoms with Gasteiger partial charge in [0.15, 0.2) is 0 Å². The fourth-order valence-corrected chi connectivity index (χ4v) is 8.98. The Bertz CT molecular complexity index is 2980. The lowest BCUT2D eigenvalue weighted by molar-refractivity contribution is -0.144. The predicted molar refractivity (Wildman–Crippen MR) is 196 cm³/mol. The molecule has 0 atom stereocenters. The Balaban J connectivity index is 1.70. The van der Waals surface area contributed by atoms with Crippen LogP contribution in [0.15, 0.2) is 72.8 Å². The molecule has 0 saturated carbocycles. The molecule has 0 aliphatic heterocycles. The second-order valence-corrected chi connectivity index (χ2v) is 14.5. The summed E-state index contributed by atoms with van der Waals surface area (Å²) in [6.07, 6.45) is -20.9. The van der Waals surface area contributed by atoms with Gasteiger partial charge in [-0.15, -0.1) is 22.7 Å². The van der Waals surface area contributed by atoms with E-state index in [1.807, 2.05) is 0 Å². The minimum atomic E-state index is -5.30. The van der Waals surface area contributed by atoms with Crippen LogP contribution in [-0.4, -0.2) is 0 Å². The summed E-state index contributed by atoms with van der Waals surface area (Å²) in [5, 5.41) is 0.943. The summed E-state index contributed by atoms with van der Waals surface area (Å²) < 4.78 is 169. The zero-order valence-electron chi connectivity index (χ0n) is 28.1. The lowest BCUT2D eigenvalue weighted by atomic mass is 9.89. The molecule has 0 aliphatic carbocycles. The van der Waals surface area contributed by atoms with E-state index in [4.69, 9.17) is 26.3 Å². The quantitative estimate of drug-likeness (QED) is 0.0938. The fourth-order valence-electron chi connectivity index (χ4n) is 6.72. The van der Waals surface area contributed by atoms with Crippen molar-refractivity contribution in [1.82, 2.24) is 0 Å². The molecule has 0 amide bonds. The molecular formula is C40H12F12N4S2. The van der Waals surface area contributed by atoms with E-state index in [1.165, 1.54) is 36.4 Å². The molecule has 288 valence electrons. The maximum Gasteiger partial charge on any atom is 0.536 e. The van der Waals surface area contributed by atoms with Crippen LogP contribution in [0.4, 0.5) is 52.7 Å². The van der Waals surface area contributed by atoms with Crippen LogP contribution in [-0.2, 0) is 24.7 Å². The average molecular weight is 841 g/mol. The van der Waals surface area contributed by atoms with Gasteiger partial charge in [0.25, 0.3) is 0 Å². The molecule has 58 heavy (non-hydrogen) atoms. The van der Waals surface area contributed by atoms with E-state index >= 15 is 0 Å². The summed E-state index contributed by atoms with van der Waals surface area (Å²) in [7, 11) is 0. The van der Waals surface area contributed by atoms with Crippen LogP contribution in [0.25, 0.3) is 95.0 Å². The second kappa shape index (κ2) is 13.5. The SMILES string of the molecule is [C-]#[N+]C([N+]#[C-])=c1cc2c(s1)c(-c1ccc(C(F)(F)F)cc1C(F)(F)F)cc1ccc3cc(-c4ccc(C(F)(F)F)cc4C(F)(F)F)c4sc(=C([N+]#[C-])[N+]#[C-])cc4c3c12. The van der Waals surface area contributed by atoms with Crippen LogP contribution in [0, 0.1) is 26.3 Å². The van der Waals surface area contributed by atoms with Crippen LogP contribution >= 0.6 is 22.7 Å². The van der Waals surface area contributed by atoms with Crippen molar-refractivity contribution in [3.63, 3.8) is 0 Å². The summed E-state index contributed by atoms with van der Waals surface area (Å²) in [6, 6.07) is 10.1.